The zero-order chi connectivity index (χ0) is 10.4. The highest BCUT2D eigenvalue weighted by Crippen LogP contribution is 2.28. The van der Waals surface area contributed by atoms with Gasteiger partial charge in [0.05, 0.1) is 5.69 Å². The predicted molar refractivity (Wildman–Crippen MR) is 59.1 cm³/mol. The molecule has 1 aliphatic rings. The van der Waals surface area contributed by atoms with Crippen LogP contribution in [0, 0.1) is 6.92 Å². The average molecular weight is 268 g/mol. The predicted octanol–water partition coefficient (Wildman–Crippen LogP) is 2.34. The van der Waals surface area contributed by atoms with Crippen molar-refractivity contribution in [3.8, 4) is 5.88 Å². The molecular weight excluding hydrogens is 258 g/mol. The lowest BCUT2D eigenvalue weighted by Crippen LogP contribution is -2.01. The lowest BCUT2D eigenvalue weighted by atomic mass is 10.6. The molecule has 0 aliphatic heterocycles. The summed E-state index contributed by atoms with van der Waals surface area (Å²) in [6.45, 7) is 1.96. The minimum Gasteiger partial charge on any atom is -0.472 e. The molecule has 2 aromatic heterocycles. The highest BCUT2D eigenvalue weighted by atomic mass is 79.9. The van der Waals surface area contributed by atoms with E-state index >= 15 is 0 Å². The number of aryl methyl sites for hydroxylation is 1. The molecule has 3 rings (SSSR count). The van der Waals surface area contributed by atoms with Gasteiger partial charge in [0.25, 0.3) is 5.88 Å². The Morgan fingerprint density at radius 1 is 1.40 bits per heavy atom. The van der Waals surface area contributed by atoms with Crippen LogP contribution in [0.1, 0.15) is 18.5 Å². The summed E-state index contributed by atoms with van der Waals surface area (Å²) in [4.78, 5) is 8.70. The molecule has 0 saturated heterocycles. The van der Waals surface area contributed by atoms with E-state index in [2.05, 4.69) is 25.9 Å². The van der Waals surface area contributed by atoms with Crippen LogP contribution >= 0.6 is 15.9 Å². The standard InChI is InChI=1S/C10H10BrN3O/c1-6-4-14-5-8(11)13-10(9(14)12-6)15-7-2-3-7/h4-5,7H,2-3H2,1H3. The largest absolute Gasteiger partial charge is 0.472 e. The molecule has 1 aliphatic carbocycles. The third-order valence-electron chi connectivity index (χ3n) is 2.30. The summed E-state index contributed by atoms with van der Waals surface area (Å²) in [5.41, 5.74) is 1.76. The molecule has 0 spiro atoms. The van der Waals surface area contributed by atoms with Gasteiger partial charge in [0.2, 0.25) is 5.65 Å². The van der Waals surface area contributed by atoms with Crippen molar-refractivity contribution < 1.29 is 4.74 Å². The van der Waals surface area contributed by atoms with Crippen molar-refractivity contribution in [2.24, 2.45) is 0 Å². The van der Waals surface area contributed by atoms with Gasteiger partial charge in [-0.2, -0.15) is 0 Å². The van der Waals surface area contributed by atoms with E-state index in [1.807, 2.05) is 23.7 Å². The summed E-state index contributed by atoms with van der Waals surface area (Å²) >= 11 is 3.36. The summed E-state index contributed by atoms with van der Waals surface area (Å²) in [6.07, 6.45) is 6.43. The molecule has 0 N–H and O–H groups in total. The van der Waals surface area contributed by atoms with E-state index in [-0.39, 0.29) is 0 Å². The Balaban J connectivity index is 2.15. The Hall–Kier alpha value is -1.10. The summed E-state index contributed by atoms with van der Waals surface area (Å²) in [7, 11) is 0. The quantitative estimate of drug-likeness (QED) is 0.839. The van der Waals surface area contributed by atoms with Gasteiger partial charge >= 0.3 is 0 Å². The molecule has 1 fully saturated rings. The number of fused-ring (bicyclic) bond motifs is 1. The number of imidazole rings is 1. The lowest BCUT2D eigenvalue weighted by Gasteiger charge is -2.04. The molecule has 1 saturated carbocycles. The number of aromatic nitrogens is 3. The molecular formula is C10H10BrN3O. The van der Waals surface area contributed by atoms with Crippen LogP contribution < -0.4 is 4.74 Å². The summed E-state index contributed by atoms with van der Waals surface area (Å²) in [5, 5.41) is 0. The van der Waals surface area contributed by atoms with Crippen LogP contribution in [-0.4, -0.2) is 20.5 Å². The third-order valence-corrected chi connectivity index (χ3v) is 2.68. The summed E-state index contributed by atoms with van der Waals surface area (Å²) in [5.74, 6) is 0.625. The van der Waals surface area contributed by atoms with Crippen molar-refractivity contribution in [2.75, 3.05) is 0 Å². The second kappa shape index (κ2) is 3.20. The first-order valence-corrected chi connectivity index (χ1v) is 5.70. The van der Waals surface area contributed by atoms with Gasteiger partial charge in [-0.1, -0.05) is 0 Å². The minimum atomic E-state index is 0.340. The van der Waals surface area contributed by atoms with E-state index < -0.39 is 0 Å². The zero-order valence-electron chi connectivity index (χ0n) is 8.27. The topological polar surface area (TPSA) is 39.4 Å². The maximum absolute atomic E-state index is 5.71. The van der Waals surface area contributed by atoms with Gasteiger partial charge in [-0.3, -0.25) is 4.40 Å². The highest BCUT2D eigenvalue weighted by Gasteiger charge is 2.25. The van der Waals surface area contributed by atoms with E-state index in [0.29, 0.717) is 12.0 Å². The molecule has 78 valence electrons. The first kappa shape index (κ1) is 9.15. The molecule has 0 radical (unpaired) electrons. The third kappa shape index (κ3) is 1.71. The smallest absolute Gasteiger partial charge is 0.259 e. The van der Waals surface area contributed by atoms with Crippen molar-refractivity contribution in [1.82, 2.24) is 14.4 Å². The van der Waals surface area contributed by atoms with E-state index in [4.69, 9.17) is 4.74 Å². The summed E-state index contributed by atoms with van der Waals surface area (Å²) in [6, 6.07) is 0. The number of hydrogen-bond donors (Lipinski definition) is 0. The van der Waals surface area contributed by atoms with Crippen molar-refractivity contribution in [1.29, 1.82) is 0 Å². The highest BCUT2D eigenvalue weighted by molar-refractivity contribution is 9.10. The molecule has 0 bridgehead atoms. The van der Waals surface area contributed by atoms with E-state index in [1.165, 1.54) is 0 Å². The van der Waals surface area contributed by atoms with Crippen LogP contribution in [-0.2, 0) is 0 Å². The number of halogens is 1. The maximum atomic E-state index is 5.71. The second-order valence-corrected chi connectivity index (χ2v) is 4.61. The van der Waals surface area contributed by atoms with Crippen molar-refractivity contribution in [2.45, 2.75) is 25.9 Å². The van der Waals surface area contributed by atoms with Crippen molar-refractivity contribution in [3.63, 3.8) is 0 Å². The van der Waals surface area contributed by atoms with Gasteiger partial charge in [-0.25, -0.2) is 9.97 Å². The fourth-order valence-corrected chi connectivity index (χ4v) is 1.87. The van der Waals surface area contributed by atoms with Crippen LogP contribution in [0.3, 0.4) is 0 Å². The van der Waals surface area contributed by atoms with Gasteiger partial charge < -0.3 is 4.74 Å². The Kier molecular flexibility index (Phi) is 1.95. The van der Waals surface area contributed by atoms with Gasteiger partial charge in [0.15, 0.2) is 0 Å². The first-order chi connectivity index (χ1) is 7.22. The van der Waals surface area contributed by atoms with Crippen molar-refractivity contribution in [3.05, 3.63) is 22.7 Å². The van der Waals surface area contributed by atoms with Crippen LogP contribution in [0.5, 0.6) is 5.88 Å². The maximum Gasteiger partial charge on any atom is 0.259 e. The van der Waals surface area contributed by atoms with Crippen molar-refractivity contribution >= 4 is 21.6 Å². The van der Waals surface area contributed by atoms with Crippen LogP contribution in [0.25, 0.3) is 5.65 Å². The Morgan fingerprint density at radius 3 is 2.93 bits per heavy atom. The van der Waals surface area contributed by atoms with Gasteiger partial charge in [0.1, 0.15) is 10.7 Å². The molecule has 0 unspecified atom stereocenters. The Morgan fingerprint density at radius 2 is 2.20 bits per heavy atom. The SMILES string of the molecule is Cc1cn2cc(Br)nc(OC3CC3)c2n1. The Labute approximate surface area is 95.4 Å². The van der Waals surface area contributed by atoms with E-state index in [9.17, 15) is 0 Å². The first-order valence-electron chi connectivity index (χ1n) is 4.91. The molecule has 2 heterocycles. The molecule has 0 aromatic carbocycles. The molecule has 15 heavy (non-hydrogen) atoms. The van der Waals surface area contributed by atoms with Gasteiger partial charge in [-0.15, -0.1) is 0 Å². The van der Waals surface area contributed by atoms with Gasteiger partial charge in [0, 0.05) is 12.4 Å². The fourth-order valence-electron chi connectivity index (χ4n) is 1.49. The normalized spacial score (nSPS) is 15.9. The number of nitrogens with zero attached hydrogens (tertiary/aromatic N) is 3. The molecule has 0 amide bonds. The van der Waals surface area contributed by atoms with E-state index in [0.717, 1.165) is 28.8 Å². The number of rotatable bonds is 2. The number of ether oxygens (including phenoxy) is 1. The van der Waals surface area contributed by atoms with Crippen LogP contribution in [0.15, 0.2) is 17.0 Å². The minimum absolute atomic E-state index is 0.340. The molecule has 0 atom stereocenters. The van der Waals surface area contributed by atoms with Crippen LogP contribution in [0.4, 0.5) is 0 Å². The Bertz CT molecular complexity index is 519. The average Bonchev–Trinajstić information content (AvgIpc) is 2.87. The fraction of sp³-hybridized carbons (Fsp3) is 0.400. The molecule has 5 heteroatoms. The van der Waals surface area contributed by atoms with E-state index in [1.54, 1.807) is 0 Å². The monoisotopic (exact) mass is 267 g/mol. The zero-order valence-corrected chi connectivity index (χ0v) is 9.86. The lowest BCUT2D eigenvalue weighted by molar-refractivity contribution is 0.292. The number of hydrogen-bond acceptors (Lipinski definition) is 3. The van der Waals surface area contributed by atoms with Gasteiger partial charge in [-0.05, 0) is 35.7 Å². The second-order valence-electron chi connectivity index (χ2n) is 3.80. The van der Waals surface area contributed by atoms with Crippen LogP contribution in [0.2, 0.25) is 0 Å². The molecule has 2 aromatic rings. The molecule has 4 nitrogen and oxygen atoms in total. The summed E-state index contributed by atoms with van der Waals surface area (Å²) < 4.78 is 8.41.